The molecule has 2 aromatic carbocycles. The Hall–Kier alpha value is -2.81. The number of anilines is 2. The molecule has 144 valence electrons. The molecule has 1 amide bonds. The molecular formula is C18H20FN3O4S. The van der Waals surface area contributed by atoms with Crippen LogP contribution in [0.1, 0.15) is 6.92 Å². The third-order valence-corrected chi connectivity index (χ3v) is 6.06. The zero-order valence-electron chi connectivity index (χ0n) is 14.9. The predicted molar refractivity (Wildman–Crippen MR) is 101 cm³/mol. The van der Waals surface area contributed by atoms with Crippen molar-refractivity contribution in [1.29, 1.82) is 0 Å². The van der Waals surface area contributed by atoms with Crippen LogP contribution in [-0.4, -0.2) is 40.6 Å². The topological polar surface area (TPSA) is 79.0 Å². The Morgan fingerprint density at radius 2 is 1.78 bits per heavy atom. The first-order valence-electron chi connectivity index (χ1n) is 8.37. The van der Waals surface area contributed by atoms with Gasteiger partial charge in [-0.05, 0) is 31.2 Å². The second-order valence-electron chi connectivity index (χ2n) is 6.02. The molecule has 0 radical (unpaired) electrons. The van der Waals surface area contributed by atoms with Crippen LogP contribution in [0.5, 0.6) is 5.75 Å². The minimum Gasteiger partial charge on any atom is -0.478 e. The Balaban J connectivity index is 1.59. The van der Waals surface area contributed by atoms with E-state index in [0.717, 1.165) is 0 Å². The van der Waals surface area contributed by atoms with Crippen LogP contribution in [0.2, 0.25) is 0 Å². The van der Waals surface area contributed by atoms with Gasteiger partial charge in [-0.3, -0.25) is 9.10 Å². The second kappa shape index (κ2) is 7.43. The highest BCUT2D eigenvalue weighted by Crippen LogP contribution is 2.38. The number of para-hydroxylation sites is 3. The van der Waals surface area contributed by atoms with E-state index in [1.165, 1.54) is 40.8 Å². The van der Waals surface area contributed by atoms with Crippen LogP contribution in [-0.2, 0) is 15.0 Å². The van der Waals surface area contributed by atoms with Crippen molar-refractivity contribution in [2.45, 2.75) is 13.0 Å². The molecule has 0 saturated carbocycles. The van der Waals surface area contributed by atoms with Crippen LogP contribution < -0.4 is 18.7 Å². The monoisotopic (exact) mass is 393 g/mol. The summed E-state index contributed by atoms with van der Waals surface area (Å²) in [7, 11) is -2.18. The van der Waals surface area contributed by atoms with E-state index in [-0.39, 0.29) is 18.8 Å². The summed E-state index contributed by atoms with van der Waals surface area (Å²) in [5.74, 6) is -1.03. The minimum absolute atomic E-state index is 0.0159. The maximum absolute atomic E-state index is 13.6. The summed E-state index contributed by atoms with van der Waals surface area (Å²) in [6.45, 7) is 1.66. The molecule has 7 nitrogen and oxygen atoms in total. The molecule has 0 aromatic heterocycles. The molecular weight excluding hydrogens is 373 g/mol. The van der Waals surface area contributed by atoms with Crippen molar-refractivity contribution < 1.29 is 22.3 Å². The number of amides is 1. The highest BCUT2D eigenvalue weighted by molar-refractivity contribution is 7.94. The number of ether oxygens (including phenoxy) is 1. The first kappa shape index (κ1) is 19.0. The number of rotatable bonds is 6. The highest BCUT2D eigenvalue weighted by Gasteiger charge is 2.37. The summed E-state index contributed by atoms with van der Waals surface area (Å²) >= 11 is 0. The van der Waals surface area contributed by atoms with Crippen LogP contribution in [0, 0.1) is 5.82 Å². The number of fused-ring (bicyclic) bond motifs is 1. The van der Waals surface area contributed by atoms with E-state index < -0.39 is 28.0 Å². The fourth-order valence-corrected chi connectivity index (χ4v) is 4.21. The summed E-state index contributed by atoms with van der Waals surface area (Å²) in [5.41, 5.74) is 1.14. The largest absolute Gasteiger partial charge is 0.478 e. The smallest absolute Gasteiger partial charge is 0.326 e. The van der Waals surface area contributed by atoms with Crippen molar-refractivity contribution in [2.75, 3.05) is 28.7 Å². The number of carbonyl (C=O) groups is 1. The van der Waals surface area contributed by atoms with Gasteiger partial charge in [0.05, 0.1) is 17.9 Å². The molecule has 1 N–H and O–H groups in total. The van der Waals surface area contributed by atoms with Crippen molar-refractivity contribution in [3.05, 3.63) is 54.3 Å². The molecule has 2 aromatic rings. The zero-order chi connectivity index (χ0) is 19.6. The minimum atomic E-state index is -3.66. The Labute approximate surface area is 157 Å². The van der Waals surface area contributed by atoms with Crippen LogP contribution in [0.25, 0.3) is 0 Å². The second-order valence-corrected chi connectivity index (χ2v) is 7.90. The van der Waals surface area contributed by atoms with Gasteiger partial charge in [-0.1, -0.05) is 24.3 Å². The van der Waals surface area contributed by atoms with Gasteiger partial charge in [0, 0.05) is 13.6 Å². The maximum Gasteiger partial charge on any atom is 0.326 e. The molecule has 3 rings (SSSR count). The van der Waals surface area contributed by atoms with Crippen molar-refractivity contribution in [1.82, 2.24) is 5.32 Å². The first-order valence-corrected chi connectivity index (χ1v) is 9.76. The van der Waals surface area contributed by atoms with E-state index in [0.29, 0.717) is 11.4 Å². The van der Waals surface area contributed by atoms with Crippen molar-refractivity contribution in [3.63, 3.8) is 0 Å². The van der Waals surface area contributed by atoms with Crippen molar-refractivity contribution in [2.24, 2.45) is 0 Å². The zero-order valence-corrected chi connectivity index (χ0v) is 15.7. The van der Waals surface area contributed by atoms with E-state index in [9.17, 15) is 17.6 Å². The van der Waals surface area contributed by atoms with Gasteiger partial charge in [0.25, 0.3) is 5.91 Å². The maximum atomic E-state index is 13.6. The Kier molecular flexibility index (Phi) is 5.22. The van der Waals surface area contributed by atoms with E-state index in [4.69, 9.17) is 4.74 Å². The molecule has 0 bridgehead atoms. The van der Waals surface area contributed by atoms with Crippen LogP contribution >= 0.6 is 0 Å². The van der Waals surface area contributed by atoms with E-state index in [1.54, 1.807) is 30.3 Å². The highest BCUT2D eigenvalue weighted by atomic mass is 32.2. The van der Waals surface area contributed by atoms with Gasteiger partial charge in [0.1, 0.15) is 0 Å². The summed E-state index contributed by atoms with van der Waals surface area (Å²) in [4.78, 5) is 12.2. The van der Waals surface area contributed by atoms with Gasteiger partial charge in [-0.2, -0.15) is 8.42 Å². The van der Waals surface area contributed by atoms with Gasteiger partial charge < -0.3 is 10.1 Å². The molecule has 1 atom stereocenters. The first-order chi connectivity index (χ1) is 12.8. The van der Waals surface area contributed by atoms with E-state index in [2.05, 4.69) is 5.32 Å². The van der Waals surface area contributed by atoms with Gasteiger partial charge in [-0.25, -0.2) is 8.70 Å². The van der Waals surface area contributed by atoms with Crippen molar-refractivity contribution >= 4 is 27.5 Å². The quantitative estimate of drug-likeness (QED) is 0.813. The molecule has 0 saturated heterocycles. The lowest BCUT2D eigenvalue weighted by atomic mass is 10.2. The molecule has 1 unspecified atom stereocenters. The SMILES string of the molecule is CC(Oc1ccccc1F)C(=O)NCCN1c2ccccc2N(C)S1(=O)=O. The number of carbonyl (C=O) groups excluding carboxylic acids is 1. The Morgan fingerprint density at radius 3 is 2.48 bits per heavy atom. The van der Waals surface area contributed by atoms with Crippen LogP contribution in [0.15, 0.2) is 48.5 Å². The van der Waals surface area contributed by atoms with E-state index in [1.807, 2.05) is 0 Å². The van der Waals surface area contributed by atoms with Gasteiger partial charge in [0.15, 0.2) is 17.7 Å². The van der Waals surface area contributed by atoms with Crippen LogP contribution in [0.4, 0.5) is 15.8 Å². The normalized spacial score (nSPS) is 16.0. The van der Waals surface area contributed by atoms with E-state index >= 15 is 0 Å². The molecule has 1 heterocycles. The summed E-state index contributed by atoms with van der Waals surface area (Å²) in [6, 6.07) is 12.8. The van der Waals surface area contributed by atoms with Gasteiger partial charge in [-0.15, -0.1) is 0 Å². The number of nitrogens with zero attached hydrogens (tertiary/aromatic N) is 2. The number of nitrogens with one attached hydrogen (secondary N) is 1. The molecule has 27 heavy (non-hydrogen) atoms. The lowest BCUT2D eigenvalue weighted by molar-refractivity contribution is -0.127. The lowest BCUT2D eigenvalue weighted by Crippen LogP contribution is -2.43. The number of hydrogen-bond donors (Lipinski definition) is 1. The van der Waals surface area contributed by atoms with Gasteiger partial charge in [0.2, 0.25) is 0 Å². The molecule has 0 fully saturated rings. The average molecular weight is 393 g/mol. The summed E-state index contributed by atoms with van der Waals surface area (Å²) < 4.78 is 46.4. The number of hydrogen-bond acceptors (Lipinski definition) is 4. The fraction of sp³-hybridized carbons (Fsp3) is 0.278. The standard InChI is InChI=1S/C18H20FN3O4S/c1-13(26-17-10-6-3-7-14(17)19)18(23)20-11-12-22-16-9-5-4-8-15(16)21(2)27(22,24)25/h3-10,13H,11-12H2,1-2H3,(H,20,23). The molecule has 0 spiro atoms. The third-order valence-electron chi connectivity index (χ3n) is 4.24. The third kappa shape index (κ3) is 3.68. The van der Waals surface area contributed by atoms with Crippen LogP contribution in [0.3, 0.4) is 0 Å². The molecule has 1 aliphatic rings. The molecule has 1 aliphatic heterocycles. The summed E-state index contributed by atoms with van der Waals surface area (Å²) in [5, 5.41) is 2.62. The lowest BCUT2D eigenvalue weighted by Gasteiger charge is -2.20. The van der Waals surface area contributed by atoms with Gasteiger partial charge >= 0.3 is 10.2 Å². The Bertz CT molecular complexity index is 951. The predicted octanol–water partition coefficient (Wildman–Crippen LogP) is 1.91. The molecule has 9 heteroatoms. The van der Waals surface area contributed by atoms with Crippen molar-refractivity contribution in [3.8, 4) is 5.75 Å². The average Bonchev–Trinajstić information content (AvgIpc) is 2.84. The number of benzene rings is 2. The fourth-order valence-electron chi connectivity index (χ4n) is 2.78. The number of halogens is 1. The molecule has 0 aliphatic carbocycles. The Morgan fingerprint density at radius 1 is 1.15 bits per heavy atom. The summed E-state index contributed by atoms with van der Waals surface area (Å²) in [6.07, 6.45) is -0.924.